The Balaban J connectivity index is 2.05. The number of hydrogen-bond donors (Lipinski definition) is 2. The Labute approximate surface area is 157 Å². The smallest absolute Gasteiger partial charge is 0.216 e. The van der Waals surface area contributed by atoms with Crippen LogP contribution in [0.2, 0.25) is 0 Å². The quantitative estimate of drug-likeness (QED) is 0.414. The second-order valence-corrected chi connectivity index (χ2v) is 6.06. The monoisotopic (exact) mass is 362 g/mol. The van der Waals surface area contributed by atoms with Crippen LogP contribution in [0.15, 0.2) is 73.1 Å². The van der Waals surface area contributed by atoms with Crippen LogP contribution in [0.4, 0.5) is 4.39 Å². The molecule has 1 atom stereocenters. The third kappa shape index (κ3) is 4.36. The van der Waals surface area contributed by atoms with Crippen molar-refractivity contribution in [2.75, 3.05) is 7.05 Å². The first-order valence-corrected chi connectivity index (χ1v) is 8.37. The highest BCUT2D eigenvalue weighted by molar-refractivity contribution is 5.86. The molecule has 5 nitrogen and oxygen atoms in total. The minimum Gasteiger partial charge on any atom is -0.345 e. The van der Waals surface area contributed by atoms with Gasteiger partial charge < -0.3 is 5.32 Å². The van der Waals surface area contributed by atoms with Crippen LogP contribution < -0.4 is 5.32 Å². The summed E-state index contributed by atoms with van der Waals surface area (Å²) in [6.07, 6.45) is 3.86. The van der Waals surface area contributed by atoms with E-state index < -0.39 is 6.04 Å². The second-order valence-electron chi connectivity index (χ2n) is 6.06. The lowest BCUT2D eigenvalue weighted by atomic mass is 9.95. The number of nitrogens with one attached hydrogen (secondary N) is 2. The van der Waals surface area contributed by atoms with Gasteiger partial charge in [0.25, 0.3) is 0 Å². The van der Waals surface area contributed by atoms with Crippen LogP contribution in [0.25, 0.3) is 11.1 Å². The molecule has 0 radical (unpaired) electrons. The molecule has 3 rings (SSSR count). The summed E-state index contributed by atoms with van der Waals surface area (Å²) in [7, 11) is 1.48. The molecule has 0 aliphatic rings. The Kier molecular flexibility index (Phi) is 5.56. The number of pyridine rings is 1. The third-order valence-electron chi connectivity index (χ3n) is 4.19. The average Bonchev–Trinajstić information content (AvgIpc) is 2.72. The molecule has 1 heterocycles. The molecule has 2 N–H and O–H groups in total. The Bertz CT molecular complexity index is 931. The number of guanidine groups is 1. The summed E-state index contributed by atoms with van der Waals surface area (Å²) in [6, 6.07) is 17.3. The van der Waals surface area contributed by atoms with Gasteiger partial charge in [-0.2, -0.15) is 0 Å². The van der Waals surface area contributed by atoms with Crippen LogP contribution in [-0.2, 0) is 4.79 Å². The fraction of sp³-hybridized carbons (Fsp3) is 0.0952. The standard InChI is InChI=1S/C21H19FN4O/c1-26(14-27)21(23)25-20(16-5-3-2-4-6-16)18-11-17(12-19(22)13-18)15-7-9-24-10-8-15/h2-14,20H,1H3,(H2,23,25). The van der Waals surface area contributed by atoms with E-state index in [0.29, 0.717) is 17.5 Å². The summed E-state index contributed by atoms with van der Waals surface area (Å²) < 4.78 is 14.4. The number of rotatable bonds is 5. The van der Waals surface area contributed by atoms with Gasteiger partial charge in [-0.1, -0.05) is 30.3 Å². The maximum Gasteiger partial charge on any atom is 0.216 e. The van der Waals surface area contributed by atoms with Gasteiger partial charge in [-0.05, 0) is 52.6 Å². The minimum atomic E-state index is -0.489. The predicted octanol–water partition coefficient (Wildman–Crippen LogP) is 3.59. The molecule has 0 bridgehead atoms. The summed E-state index contributed by atoms with van der Waals surface area (Å²) in [6.45, 7) is 0. The molecule has 6 heteroatoms. The fourth-order valence-electron chi connectivity index (χ4n) is 2.79. The minimum absolute atomic E-state index is 0.0754. The summed E-state index contributed by atoms with van der Waals surface area (Å²) in [4.78, 5) is 16.1. The Morgan fingerprint density at radius 1 is 1.07 bits per heavy atom. The lowest BCUT2D eigenvalue weighted by Gasteiger charge is -2.24. The first-order chi connectivity index (χ1) is 13.1. The van der Waals surface area contributed by atoms with Gasteiger partial charge in [0.2, 0.25) is 6.41 Å². The molecule has 1 amide bonds. The van der Waals surface area contributed by atoms with Gasteiger partial charge in [0, 0.05) is 19.4 Å². The number of amides is 1. The van der Waals surface area contributed by atoms with Crippen molar-refractivity contribution < 1.29 is 9.18 Å². The van der Waals surface area contributed by atoms with Crippen LogP contribution in [0, 0.1) is 11.2 Å². The van der Waals surface area contributed by atoms with Crippen LogP contribution in [0.5, 0.6) is 0 Å². The number of benzene rings is 2. The van der Waals surface area contributed by atoms with E-state index in [9.17, 15) is 9.18 Å². The van der Waals surface area contributed by atoms with Crippen LogP contribution in [0.1, 0.15) is 17.2 Å². The maximum absolute atomic E-state index is 14.4. The lowest BCUT2D eigenvalue weighted by Crippen LogP contribution is -2.39. The van der Waals surface area contributed by atoms with Gasteiger partial charge in [0.05, 0.1) is 6.04 Å². The highest BCUT2D eigenvalue weighted by Gasteiger charge is 2.18. The van der Waals surface area contributed by atoms with Crippen LogP contribution >= 0.6 is 0 Å². The van der Waals surface area contributed by atoms with Crippen molar-refractivity contribution in [3.8, 4) is 11.1 Å². The molecule has 136 valence electrons. The van der Waals surface area contributed by atoms with Crippen molar-refractivity contribution in [2.45, 2.75) is 6.04 Å². The first-order valence-electron chi connectivity index (χ1n) is 8.37. The zero-order valence-electron chi connectivity index (χ0n) is 14.8. The van der Waals surface area contributed by atoms with E-state index in [-0.39, 0.29) is 11.8 Å². The summed E-state index contributed by atoms with van der Waals surface area (Å²) in [5.41, 5.74) is 3.06. The number of nitrogens with zero attached hydrogens (tertiary/aromatic N) is 2. The predicted molar refractivity (Wildman–Crippen MR) is 103 cm³/mol. The molecule has 3 aromatic rings. The molecule has 0 aliphatic heterocycles. The molecule has 0 saturated carbocycles. The summed E-state index contributed by atoms with van der Waals surface area (Å²) in [5.74, 6) is -0.453. The number of carbonyl (C=O) groups excluding carboxylic acids is 1. The van der Waals surface area contributed by atoms with Crippen molar-refractivity contribution in [3.63, 3.8) is 0 Å². The zero-order valence-corrected chi connectivity index (χ0v) is 14.8. The van der Waals surface area contributed by atoms with Crippen molar-refractivity contribution in [3.05, 3.63) is 90.0 Å². The molecule has 0 spiro atoms. The number of carbonyl (C=O) groups is 1. The molecule has 0 saturated heterocycles. The molecule has 1 unspecified atom stereocenters. The topological polar surface area (TPSA) is 69.1 Å². The van der Waals surface area contributed by atoms with E-state index >= 15 is 0 Å². The Morgan fingerprint density at radius 3 is 2.44 bits per heavy atom. The van der Waals surface area contributed by atoms with Gasteiger partial charge >= 0.3 is 0 Å². The van der Waals surface area contributed by atoms with Crippen LogP contribution in [0.3, 0.4) is 0 Å². The highest BCUT2D eigenvalue weighted by Crippen LogP contribution is 2.28. The van der Waals surface area contributed by atoms with E-state index in [4.69, 9.17) is 5.41 Å². The fourth-order valence-corrected chi connectivity index (χ4v) is 2.79. The molecular weight excluding hydrogens is 343 g/mol. The van der Waals surface area contributed by atoms with E-state index in [1.807, 2.05) is 48.5 Å². The molecular formula is C21H19FN4O. The number of hydrogen-bond acceptors (Lipinski definition) is 3. The summed E-state index contributed by atoms with van der Waals surface area (Å²) in [5, 5.41) is 11.1. The Hall–Kier alpha value is -3.54. The van der Waals surface area contributed by atoms with Gasteiger partial charge in [-0.25, -0.2) is 4.39 Å². The average molecular weight is 362 g/mol. The lowest BCUT2D eigenvalue weighted by molar-refractivity contribution is -0.114. The third-order valence-corrected chi connectivity index (χ3v) is 4.19. The van der Waals surface area contributed by atoms with Crippen molar-refractivity contribution in [1.29, 1.82) is 5.41 Å². The molecule has 1 aromatic heterocycles. The second kappa shape index (κ2) is 8.23. The first kappa shape index (κ1) is 18.3. The highest BCUT2D eigenvalue weighted by atomic mass is 19.1. The molecule has 2 aromatic carbocycles. The molecule has 0 fully saturated rings. The SMILES string of the molecule is CN(C=O)C(=N)NC(c1ccccc1)c1cc(F)cc(-c2ccncc2)c1. The Morgan fingerprint density at radius 2 is 1.78 bits per heavy atom. The largest absolute Gasteiger partial charge is 0.345 e. The van der Waals surface area contributed by atoms with Gasteiger partial charge in [0.15, 0.2) is 5.96 Å². The van der Waals surface area contributed by atoms with Gasteiger partial charge in [0.1, 0.15) is 5.82 Å². The van der Waals surface area contributed by atoms with Crippen molar-refractivity contribution in [1.82, 2.24) is 15.2 Å². The maximum atomic E-state index is 14.4. The van der Waals surface area contributed by atoms with Crippen molar-refractivity contribution in [2.24, 2.45) is 0 Å². The summed E-state index contributed by atoms with van der Waals surface area (Å²) >= 11 is 0. The van der Waals surface area contributed by atoms with E-state index in [1.54, 1.807) is 12.4 Å². The van der Waals surface area contributed by atoms with E-state index in [0.717, 1.165) is 16.0 Å². The van der Waals surface area contributed by atoms with E-state index in [2.05, 4.69) is 10.3 Å². The number of halogens is 1. The number of aromatic nitrogens is 1. The van der Waals surface area contributed by atoms with Gasteiger partial charge in [-0.3, -0.25) is 20.1 Å². The normalized spacial score (nSPS) is 11.5. The van der Waals surface area contributed by atoms with Crippen LogP contribution in [-0.4, -0.2) is 29.3 Å². The molecule has 0 aliphatic carbocycles. The van der Waals surface area contributed by atoms with Gasteiger partial charge in [-0.15, -0.1) is 0 Å². The molecule has 27 heavy (non-hydrogen) atoms. The zero-order chi connectivity index (χ0) is 19.2. The van der Waals surface area contributed by atoms with E-state index in [1.165, 1.54) is 19.2 Å². The van der Waals surface area contributed by atoms with Crippen molar-refractivity contribution >= 4 is 12.4 Å².